The summed E-state index contributed by atoms with van der Waals surface area (Å²) in [6, 6.07) is 12.3. The third-order valence-corrected chi connectivity index (χ3v) is 3.41. The minimum atomic E-state index is -0.702. The van der Waals surface area contributed by atoms with Gasteiger partial charge in [0.05, 0.1) is 6.10 Å². The van der Waals surface area contributed by atoms with Gasteiger partial charge >= 0.3 is 0 Å². The molecule has 0 aliphatic heterocycles. The van der Waals surface area contributed by atoms with E-state index in [2.05, 4.69) is 5.32 Å². The van der Waals surface area contributed by atoms with E-state index in [-0.39, 0.29) is 0 Å². The highest BCUT2D eigenvalue weighted by atomic mass is 35.5. The van der Waals surface area contributed by atoms with E-state index in [4.69, 9.17) is 34.8 Å². The van der Waals surface area contributed by atoms with E-state index in [9.17, 15) is 5.11 Å². The van der Waals surface area contributed by atoms with Crippen molar-refractivity contribution >= 4 is 40.5 Å². The smallest absolute Gasteiger partial charge is 0.0976 e. The van der Waals surface area contributed by atoms with Gasteiger partial charge in [-0.05, 0) is 24.3 Å². The summed E-state index contributed by atoms with van der Waals surface area (Å²) in [5.41, 5.74) is 1.44. The Bertz CT molecular complexity index is 554. The maximum Gasteiger partial charge on any atom is 0.0976 e. The lowest BCUT2D eigenvalue weighted by molar-refractivity contribution is 0.192. The molecule has 2 aromatic rings. The normalized spacial score (nSPS) is 12.2. The van der Waals surface area contributed by atoms with Gasteiger partial charge in [-0.15, -0.1) is 0 Å². The molecule has 0 amide bonds. The predicted molar refractivity (Wildman–Crippen MR) is 81.4 cm³/mol. The third-order valence-electron chi connectivity index (χ3n) is 2.63. The van der Waals surface area contributed by atoms with Gasteiger partial charge in [0.25, 0.3) is 0 Å². The van der Waals surface area contributed by atoms with E-state index in [1.165, 1.54) is 0 Å². The molecule has 0 heterocycles. The molecule has 0 fully saturated rings. The molecule has 0 aliphatic carbocycles. The number of anilines is 1. The van der Waals surface area contributed by atoms with Crippen molar-refractivity contribution in [1.82, 2.24) is 0 Å². The number of aliphatic hydroxyl groups excluding tert-OH is 1. The first-order chi connectivity index (χ1) is 9.06. The average molecular weight is 317 g/mol. The molecular formula is C14H12Cl3NO. The van der Waals surface area contributed by atoms with E-state index < -0.39 is 6.10 Å². The quantitative estimate of drug-likeness (QED) is 0.850. The highest BCUT2D eigenvalue weighted by Gasteiger charge is 2.10. The maximum absolute atomic E-state index is 10.1. The molecule has 1 atom stereocenters. The van der Waals surface area contributed by atoms with Crippen LogP contribution < -0.4 is 5.32 Å². The minimum absolute atomic E-state index is 0.320. The highest BCUT2D eigenvalue weighted by molar-refractivity contribution is 6.35. The van der Waals surface area contributed by atoms with Gasteiger partial charge in [-0.3, -0.25) is 0 Å². The SMILES string of the molecule is OC(CNc1cc(Cl)cc(Cl)c1)c1ccccc1Cl. The number of halogens is 3. The van der Waals surface area contributed by atoms with Gasteiger partial charge in [-0.2, -0.15) is 0 Å². The van der Waals surface area contributed by atoms with Crippen LogP contribution in [0.3, 0.4) is 0 Å². The van der Waals surface area contributed by atoms with Crippen LogP contribution in [-0.2, 0) is 0 Å². The summed E-state index contributed by atoms with van der Waals surface area (Å²) in [4.78, 5) is 0. The lowest BCUT2D eigenvalue weighted by atomic mass is 10.1. The van der Waals surface area contributed by atoms with E-state index in [1.54, 1.807) is 30.3 Å². The van der Waals surface area contributed by atoms with E-state index in [1.807, 2.05) is 12.1 Å². The fourth-order valence-corrected chi connectivity index (χ4v) is 2.51. The van der Waals surface area contributed by atoms with Crippen LogP contribution in [0.25, 0.3) is 0 Å². The van der Waals surface area contributed by atoms with E-state index in [0.717, 1.165) is 5.69 Å². The summed E-state index contributed by atoms with van der Waals surface area (Å²) in [7, 11) is 0. The third kappa shape index (κ3) is 4.02. The van der Waals surface area contributed by atoms with Crippen molar-refractivity contribution in [3.05, 3.63) is 63.1 Å². The molecule has 2 aromatic carbocycles. The number of aliphatic hydroxyl groups is 1. The van der Waals surface area contributed by atoms with Crippen molar-refractivity contribution in [3.8, 4) is 0 Å². The fourth-order valence-electron chi connectivity index (χ4n) is 1.73. The predicted octanol–water partition coefficient (Wildman–Crippen LogP) is 4.79. The number of nitrogens with one attached hydrogen (secondary N) is 1. The van der Waals surface area contributed by atoms with Crippen LogP contribution in [0.5, 0.6) is 0 Å². The maximum atomic E-state index is 10.1. The van der Waals surface area contributed by atoms with Crippen LogP contribution in [0.4, 0.5) is 5.69 Å². The molecular weight excluding hydrogens is 305 g/mol. The molecule has 0 saturated carbocycles. The second-order valence-corrected chi connectivity index (χ2v) is 5.36. The first-order valence-electron chi connectivity index (χ1n) is 5.69. The zero-order valence-electron chi connectivity index (χ0n) is 9.91. The van der Waals surface area contributed by atoms with E-state index in [0.29, 0.717) is 27.2 Å². The molecule has 0 radical (unpaired) electrons. The van der Waals surface area contributed by atoms with Gasteiger partial charge in [-0.1, -0.05) is 53.0 Å². The Morgan fingerprint density at radius 3 is 2.26 bits per heavy atom. The number of hydrogen-bond acceptors (Lipinski definition) is 2. The Morgan fingerprint density at radius 2 is 1.63 bits per heavy atom. The molecule has 5 heteroatoms. The largest absolute Gasteiger partial charge is 0.387 e. The van der Waals surface area contributed by atoms with Gasteiger partial charge in [0.2, 0.25) is 0 Å². The van der Waals surface area contributed by atoms with Gasteiger partial charge in [0.1, 0.15) is 0 Å². The molecule has 100 valence electrons. The molecule has 19 heavy (non-hydrogen) atoms. The van der Waals surface area contributed by atoms with Crippen LogP contribution in [0.15, 0.2) is 42.5 Å². The van der Waals surface area contributed by atoms with E-state index >= 15 is 0 Å². The molecule has 1 unspecified atom stereocenters. The summed E-state index contributed by atoms with van der Waals surface area (Å²) in [6.45, 7) is 0.320. The van der Waals surface area contributed by atoms with Gasteiger partial charge in [0.15, 0.2) is 0 Å². The topological polar surface area (TPSA) is 32.3 Å². The van der Waals surface area contributed by atoms with Crippen LogP contribution in [0, 0.1) is 0 Å². The monoisotopic (exact) mass is 315 g/mol. The summed E-state index contributed by atoms with van der Waals surface area (Å²) in [6.07, 6.45) is -0.702. The summed E-state index contributed by atoms with van der Waals surface area (Å²) in [5.74, 6) is 0. The average Bonchev–Trinajstić information content (AvgIpc) is 2.35. The molecule has 2 nitrogen and oxygen atoms in total. The van der Waals surface area contributed by atoms with Crippen molar-refractivity contribution in [2.75, 3.05) is 11.9 Å². The molecule has 0 saturated heterocycles. The second-order valence-electron chi connectivity index (χ2n) is 4.08. The Labute approximate surface area is 126 Å². The second kappa shape index (κ2) is 6.49. The molecule has 2 rings (SSSR count). The lowest BCUT2D eigenvalue weighted by Gasteiger charge is -2.14. The molecule has 0 bridgehead atoms. The summed E-state index contributed by atoms with van der Waals surface area (Å²) in [5, 5.41) is 14.8. The van der Waals surface area contributed by atoms with Crippen molar-refractivity contribution < 1.29 is 5.11 Å². The van der Waals surface area contributed by atoms with Gasteiger partial charge in [-0.25, -0.2) is 0 Å². The molecule has 2 N–H and O–H groups in total. The molecule has 0 aliphatic rings. The van der Waals surface area contributed by atoms with Crippen molar-refractivity contribution in [3.63, 3.8) is 0 Å². The Morgan fingerprint density at radius 1 is 1.00 bits per heavy atom. The van der Waals surface area contributed by atoms with Gasteiger partial charge < -0.3 is 10.4 Å². The van der Waals surface area contributed by atoms with Crippen LogP contribution in [0.2, 0.25) is 15.1 Å². The molecule has 0 spiro atoms. The lowest BCUT2D eigenvalue weighted by Crippen LogP contribution is -2.12. The Kier molecular flexibility index (Phi) is 4.94. The summed E-state index contributed by atoms with van der Waals surface area (Å²) < 4.78 is 0. The number of rotatable bonds is 4. The van der Waals surface area contributed by atoms with Crippen molar-refractivity contribution in [2.24, 2.45) is 0 Å². The zero-order chi connectivity index (χ0) is 13.8. The Balaban J connectivity index is 2.04. The van der Waals surface area contributed by atoms with Crippen LogP contribution in [0.1, 0.15) is 11.7 Å². The number of benzene rings is 2. The highest BCUT2D eigenvalue weighted by Crippen LogP contribution is 2.25. The van der Waals surface area contributed by atoms with Crippen LogP contribution in [-0.4, -0.2) is 11.7 Å². The first kappa shape index (κ1) is 14.5. The molecule has 0 aromatic heterocycles. The standard InChI is InChI=1S/C14H12Cl3NO/c15-9-5-10(16)7-11(6-9)18-8-14(19)12-3-1-2-4-13(12)17/h1-7,14,18-19H,8H2. The van der Waals surface area contributed by atoms with Gasteiger partial charge in [0, 0.05) is 32.9 Å². The first-order valence-corrected chi connectivity index (χ1v) is 6.82. The zero-order valence-corrected chi connectivity index (χ0v) is 12.2. The Hall–Kier alpha value is -0.930. The van der Waals surface area contributed by atoms with Crippen molar-refractivity contribution in [1.29, 1.82) is 0 Å². The number of hydrogen-bond donors (Lipinski definition) is 2. The minimum Gasteiger partial charge on any atom is -0.387 e. The van der Waals surface area contributed by atoms with Crippen LogP contribution >= 0.6 is 34.8 Å². The fraction of sp³-hybridized carbons (Fsp3) is 0.143. The van der Waals surface area contributed by atoms with Crippen molar-refractivity contribution in [2.45, 2.75) is 6.10 Å². The summed E-state index contributed by atoms with van der Waals surface area (Å²) >= 11 is 17.8.